The van der Waals surface area contributed by atoms with Gasteiger partial charge < -0.3 is 14.6 Å². The van der Waals surface area contributed by atoms with Crippen LogP contribution < -0.4 is 10.1 Å². The molecule has 0 saturated carbocycles. The van der Waals surface area contributed by atoms with Gasteiger partial charge in [-0.25, -0.2) is 4.39 Å². The Morgan fingerprint density at radius 1 is 1.12 bits per heavy atom. The van der Waals surface area contributed by atoms with Crippen LogP contribution in [-0.4, -0.2) is 20.8 Å². The van der Waals surface area contributed by atoms with Crippen LogP contribution in [0.2, 0.25) is 10.0 Å². The molecule has 2 aromatic heterocycles. The smallest absolute Gasteiger partial charge is 0.278 e. The van der Waals surface area contributed by atoms with E-state index in [0.29, 0.717) is 45.0 Å². The van der Waals surface area contributed by atoms with Crippen molar-refractivity contribution < 1.29 is 18.4 Å². The predicted octanol–water partition coefficient (Wildman–Crippen LogP) is 6.12. The van der Waals surface area contributed by atoms with E-state index < -0.39 is 11.7 Å². The molecule has 0 spiro atoms. The number of anilines is 1. The third-order valence-electron chi connectivity index (χ3n) is 5.37. The van der Waals surface area contributed by atoms with Crippen LogP contribution in [0.15, 0.2) is 47.0 Å². The molecule has 1 N–H and O–H groups in total. The Balaban J connectivity index is 1.53. The lowest BCUT2D eigenvalue weighted by Crippen LogP contribution is -2.16. The van der Waals surface area contributed by atoms with Crippen molar-refractivity contribution in [1.82, 2.24) is 14.9 Å². The molecule has 0 saturated heterocycles. The standard InChI is InChI=1S/C24H21Cl2FN4O3/c1-13-22(14(2)31(29-13)11-18-20(25)8-5-9-21(18)26)28-24(32)23-19(15(3)34-30-23)12-33-17-7-4-6-16(27)10-17/h4-10H,11-12H2,1-3H3,(H,28,32). The van der Waals surface area contributed by atoms with Crippen molar-refractivity contribution >= 4 is 34.8 Å². The molecule has 4 aromatic rings. The summed E-state index contributed by atoms with van der Waals surface area (Å²) in [5, 5.41) is 12.4. The molecule has 7 nitrogen and oxygen atoms in total. The SMILES string of the molecule is Cc1nn(Cc2c(Cl)cccc2Cl)c(C)c1NC(=O)c1noc(C)c1COc1cccc(F)c1. The van der Waals surface area contributed by atoms with Crippen molar-refractivity contribution in [3.8, 4) is 5.75 Å². The maximum absolute atomic E-state index is 13.4. The van der Waals surface area contributed by atoms with Crippen LogP contribution in [0.1, 0.15) is 38.8 Å². The van der Waals surface area contributed by atoms with E-state index in [1.165, 1.54) is 18.2 Å². The zero-order valence-electron chi connectivity index (χ0n) is 18.7. The lowest BCUT2D eigenvalue weighted by molar-refractivity contribution is 0.101. The molecule has 34 heavy (non-hydrogen) atoms. The van der Waals surface area contributed by atoms with Crippen LogP contribution >= 0.6 is 23.2 Å². The fourth-order valence-electron chi connectivity index (χ4n) is 3.49. The van der Waals surface area contributed by atoms with Gasteiger partial charge in [0.2, 0.25) is 0 Å². The Morgan fingerprint density at radius 3 is 2.53 bits per heavy atom. The molecular formula is C24H21Cl2FN4O3. The molecule has 0 aliphatic heterocycles. The molecule has 0 unspecified atom stereocenters. The van der Waals surface area contributed by atoms with Crippen molar-refractivity contribution in [2.75, 3.05) is 5.32 Å². The Labute approximate surface area is 205 Å². The number of aromatic nitrogens is 3. The first-order valence-corrected chi connectivity index (χ1v) is 11.1. The highest BCUT2D eigenvalue weighted by atomic mass is 35.5. The van der Waals surface area contributed by atoms with Crippen LogP contribution in [0.5, 0.6) is 5.75 Å². The van der Waals surface area contributed by atoms with Gasteiger partial charge >= 0.3 is 0 Å². The van der Waals surface area contributed by atoms with Gasteiger partial charge in [-0.3, -0.25) is 9.48 Å². The molecule has 2 heterocycles. The zero-order valence-corrected chi connectivity index (χ0v) is 20.2. The van der Waals surface area contributed by atoms with Gasteiger partial charge in [0.05, 0.1) is 29.2 Å². The van der Waals surface area contributed by atoms with Crippen LogP contribution in [0, 0.1) is 26.6 Å². The van der Waals surface area contributed by atoms with Gasteiger partial charge in [-0.2, -0.15) is 5.10 Å². The van der Waals surface area contributed by atoms with Crippen molar-refractivity contribution in [1.29, 1.82) is 0 Å². The highest BCUT2D eigenvalue weighted by molar-refractivity contribution is 6.36. The maximum atomic E-state index is 13.4. The van der Waals surface area contributed by atoms with Crippen molar-refractivity contribution in [2.45, 2.75) is 33.9 Å². The van der Waals surface area contributed by atoms with Crippen molar-refractivity contribution in [2.24, 2.45) is 0 Å². The lowest BCUT2D eigenvalue weighted by Gasteiger charge is -2.10. The molecule has 4 rings (SSSR count). The van der Waals surface area contributed by atoms with E-state index in [4.69, 9.17) is 32.5 Å². The molecule has 0 aliphatic carbocycles. The van der Waals surface area contributed by atoms with E-state index in [0.717, 1.165) is 11.3 Å². The van der Waals surface area contributed by atoms with E-state index >= 15 is 0 Å². The first-order valence-electron chi connectivity index (χ1n) is 10.4. The predicted molar refractivity (Wildman–Crippen MR) is 127 cm³/mol. The van der Waals surface area contributed by atoms with Crippen LogP contribution in [0.25, 0.3) is 0 Å². The first-order chi connectivity index (χ1) is 16.2. The summed E-state index contributed by atoms with van der Waals surface area (Å²) < 4.78 is 26.0. The van der Waals surface area contributed by atoms with E-state index in [9.17, 15) is 9.18 Å². The molecule has 2 aromatic carbocycles. The average Bonchev–Trinajstić information content (AvgIpc) is 3.29. The molecule has 10 heteroatoms. The highest BCUT2D eigenvalue weighted by Crippen LogP contribution is 2.28. The van der Waals surface area contributed by atoms with Gasteiger partial charge in [-0.1, -0.05) is 40.5 Å². The third kappa shape index (κ3) is 4.93. The monoisotopic (exact) mass is 502 g/mol. The summed E-state index contributed by atoms with van der Waals surface area (Å²) in [7, 11) is 0. The molecule has 0 radical (unpaired) electrons. The van der Waals surface area contributed by atoms with Gasteiger partial charge in [0, 0.05) is 21.7 Å². The summed E-state index contributed by atoms with van der Waals surface area (Å²) in [5.74, 6) is -0.132. The number of amides is 1. The summed E-state index contributed by atoms with van der Waals surface area (Å²) >= 11 is 12.6. The number of nitrogens with zero attached hydrogens (tertiary/aromatic N) is 3. The summed E-state index contributed by atoms with van der Waals surface area (Å²) in [6.45, 7) is 5.63. The highest BCUT2D eigenvalue weighted by Gasteiger charge is 2.23. The second kappa shape index (κ2) is 9.87. The molecule has 0 fully saturated rings. The number of aryl methyl sites for hydroxylation is 2. The zero-order chi connectivity index (χ0) is 24.4. The summed E-state index contributed by atoms with van der Waals surface area (Å²) in [6.07, 6.45) is 0. The minimum absolute atomic E-state index is 0.0101. The lowest BCUT2D eigenvalue weighted by atomic mass is 10.2. The molecule has 0 aliphatic rings. The number of hydrogen-bond acceptors (Lipinski definition) is 5. The van der Waals surface area contributed by atoms with E-state index in [1.54, 1.807) is 42.8 Å². The number of carbonyl (C=O) groups is 1. The Kier molecular flexibility index (Phi) is 6.90. The molecular weight excluding hydrogens is 482 g/mol. The number of halogens is 3. The summed E-state index contributed by atoms with van der Waals surface area (Å²) in [5.41, 5.74) is 3.16. The Hall–Kier alpha value is -3.36. The van der Waals surface area contributed by atoms with E-state index in [1.807, 2.05) is 6.92 Å². The number of hydrogen-bond donors (Lipinski definition) is 1. The topological polar surface area (TPSA) is 82.2 Å². The van der Waals surface area contributed by atoms with E-state index in [2.05, 4.69) is 15.6 Å². The van der Waals surface area contributed by atoms with Gasteiger partial charge in [-0.15, -0.1) is 0 Å². The number of nitrogens with one attached hydrogen (secondary N) is 1. The van der Waals surface area contributed by atoms with Crippen LogP contribution in [0.4, 0.5) is 10.1 Å². The number of carbonyl (C=O) groups excluding carboxylic acids is 1. The van der Waals surface area contributed by atoms with Crippen LogP contribution in [0.3, 0.4) is 0 Å². The molecule has 176 valence electrons. The van der Waals surface area contributed by atoms with Crippen molar-refractivity contribution in [3.05, 3.63) is 92.3 Å². The minimum Gasteiger partial charge on any atom is -0.489 e. The van der Waals surface area contributed by atoms with Gasteiger partial charge in [-0.05, 0) is 45.0 Å². The minimum atomic E-state index is -0.476. The molecule has 1 amide bonds. The van der Waals surface area contributed by atoms with Crippen LogP contribution in [-0.2, 0) is 13.2 Å². The second-order valence-electron chi connectivity index (χ2n) is 7.67. The number of ether oxygens (including phenoxy) is 1. The summed E-state index contributed by atoms with van der Waals surface area (Å²) in [6, 6.07) is 11.0. The normalized spacial score (nSPS) is 11.0. The average molecular weight is 503 g/mol. The van der Waals surface area contributed by atoms with Gasteiger partial charge in [0.15, 0.2) is 5.69 Å². The van der Waals surface area contributed by atoms with Gasteiger partial charge in [0.1, 0.15) is 23.9 Å². The Bertz CT molecular complexity index is 1350. The van der Waals surface area contributed by atoms with E-state index in [-0.39, 0.29) is 12.3 Å². The number of rotatable bonds is 7. The van der Waals surface area contributed by atoms with Crippen molar-refractivity contribution in [3.63, 3.8) is 0 Å². The Morgan fingerprint density at radius 2 is 1.82 bits per heavy atom. The number of benzene rings is 2. The molecule has 0 atom stereocenters. The molecule has 0 bridgehead atoms. The fraction of sp³-hybridized carbons (Fsp3) is 0.208. The first kappa shape index (κ1) is 23.8. The maximum Gasteiger partial charge on any atom is 0.278 e. The quantitative estimate of drug-likeness (QED) is 0.329. The van der Waals surface area contributed by atoms with Gasteiger partial charge in [0.25, 0.3) is 5.91 Å². The summed E-state index contributed by atoms with van der Waals surface area (Å²) in [4.78, 5) is 13.1. The second-order valence-corrected chi connectivity index (χ2v) is 8.48. The largest absolute Gasteiger partial charge is 0.489 e. The fourth-order valence-corrected chi connectivity index (χ4v) is 4.01. The third-order valence-corrected chi connectivity index (χ3v) is 6.08.